The molecule has 2 rings (SSSR count). The number of benzene rings is 2. The van der Waals surface area contributed by atoms with Crippen LogP contribution in [0.25, 0.3) is 0 Å². The van der Waals surface area contributed by atoms with Crippen LogP contribution >= 0.6 is 11.6 Å². The summed E-state index contributed by atoms with van der Waals surface area (Å²) in [5, 5.41) is 5.00. The van der Waals surface area contributed by atoms with Gasteiger partial charge in [0, 0.05) is 13.0 Å². The van der Waals surface area contributed by atoms with Gasteiger partial charge in [0.05, 0.1) is 22.2 Å². The lowest BCUT2D eigenvalue weighted by atomic mass is 10.0. The molecule has 0 unspecified atom stereocenters. The van der Waals surface area contributed by atoms with Gasteiger partial charge in [0.2, 0.25) is 5.91 Å². The highest BCUT2D eigenvalue weighted by Gasteiger charge is 2.30. The summed E-state index contributed by atoms with van der Waals surface area (Å²) in [5.74, 6) is -1.59. The van der Waals surface area contributed by atoms with Crippen molar-refractivity contribution in [2.75, 3.05) is 6.54 Å². The Morgan fingerprint density at radius 1 is 1.14 bits per heavy atom. The minimum atomic E-state index is -4.47. The number of carbonyl (C=O) groups excluding carboxylic acids is 2. The van der Waals surface area contributed by atoms with Gasteiger partial charge in [0.25, 0.3) is 5.91 Å². The summed E-state index contributed by atoms with van der Waals surface area (Å²) in [6.07, 6.45) is -4.56. The van der Waals surface area contributed by atoms with E-state index in [-0.39, 0.29) is 23.6 Å². The molecule has 0 saturated carbocycles. The highest BCUT2D eigenvalue weighted by Crippen LogP contribution is 2.30. The van der Waals surface area contributed by atoms with Gasteiger partial charge in [-0.1, -0.05) is 23.7 Å². The Hall–Kier alpha value is -2.61. The summed E-state index contributed by atoms with van der Waals surface area (Å²) < 4.78 is 51.3. The van der Waals surface area contributed by atoms with E-state index < -0.39 is 35.4 Å². The van der Waals surface area contributed by atoms with Crippen molar-refractivity contribution >= 4 is 23.4 Å². The second kappa shape index (κ2) is 9.05. The second-order valence-corrected chi connectivity index (χ2v) is 6.45. The van der Waals surface area contributed by atoms with Gasteiger partial charge in [-0.2, -0.15) is 13.2 Å². The first-order chi connectivity index (χ1) is 13.1. The van der Waals surface area contributed by atoms with Crippen molar-refractivity contribution in [1.82, 2.24) is 10.6 Å². The first-order valence-corrected chi connectivity index (χ1v) is 8.65. The smallest absolute Gasteiger partial charge is 0.351 e. The van der Waals surface area contributed by atoms with Crippen molar-refractivity contribution in [3.63, 3.8) is 0 Å². The van der Waals surface area contributed by atoms with E-state index in [9.17, 15) is 27.2 Å². The molecule has 0 aromatic heterocycles. The van der Waals surface area contributed by atoms with Crippen LogP contribution in [-0.2, 0) is 11.0 Å². The molecule has 150 valence electrons. The third kappa shape index (κ3) is 5.95. The second-order valence-electron chi connectivity index (χ2n) is 6.04. The van der Waals surface area contributed by atoms with E-state index in [1.165, 1.54) is 18.2 Å². The maximum atomic E-state index is 13.0. The SMILES string of the molecule is C[C@H](NC(=O)CCNC(=O)c1ccc(F)cc1Cl)c1cccc(C(F)(F)F)c1. The van der Waals surface area contributed by atoms with Gasteiger partial charge in [-0.05, 0) is 42.8 Å². The number of amides is 2. The van der Waals surface area contributed by atoms with Crippen molar-refractivity contribution in [3.8, 4) is 0 Å². The minimum absolute atomic E-state index is 0.0202. The van der Waals surface area contributed by atoms with E-state index in [0.29, 0.717) is 5.56 Å². The molecular weight excluding hydrogens is 400 g/mol. The van der Waals surface area contributed by atoms with Crippen LogP contribution < -0.4 is 10.6 Å². The molecule has 0 radical (unpaired) electrons. The van der Waals surface area contributed by atoms with Crippen molar-refractivity contribution in [2.45, 2.75) is 25.6 Å². The average Bonchev–Trinajstić information content (AvgIpc) is 2.60. The Bertz CT molecular complexity index is 871. The van der Waals surface area contributed by atoms with E-state index in [0.717, 1.165) is 24.3 Å². The number of rotatable bonds is 6. The molecule has 28 heavy (non-hydrogen) atoms. The maximum absolute atomic E-state index is 13.0. The van der Waals surface area contributed by atoms with Crippen molar-refractivity contribution in [1.29, 1.82) is 0 Å². The summed E-state index contributed by atoms with van der Waals surface area (Å²) >= 11 is 5.79. The van der Waals surface area contributed by atoms with E-state index in [4.69, 9.17) is 11.6 Å². The molecular formula is C19H17ClF4N2O2. The highest BCUT2D eigenvalue weighted by atomic mass is 35.5. The summed E-state index contributed by atoms with van der Waals surface area (Å²) in [6, 6.07) is 7.35. The van der Waals surface area contributed by atoms with E-state index in [1.807, 2.05) is 0 Å². The van der Waals surface area contributed by atoms with Crippen LogP contribution in [0, 0.1) is 5.82 Å². The fourth-order valence-electron chi connectivity index (χ4n) is 2.44. The molecule has 0 aliphatic heterocycles. The van der Waals surface area contributed by atoms with Gasteiger partial charge in [0.1, 0.15) is 5.82 Å². The lowest BCUT2D eigenvalue weighted by Gasteiger charge is -2.16. The molecule has 2 aromatic carbocycles. The quantitative estimate of drug-likeness (QED) is 0.681. The van der Waals surface area contributed by atoms with Gasteiger partial charge in [0.15, 0.2) is 0 Å². The molecule has 2 N–H and O–H groups in total. The zero-order valence-electron chi connectivity index (χ0n) is 14.7. The normalized spacial score (nSPS) is 12.4. The lowest BCUT2D eigenvalue weighted by Crippen LogP contribution is -2.32. The first-order valence-electron chi connectivity index (χ1n) is 8.27. The van der Waals surface area contributed by atoms with Crippen LogP contribution in [0.1, 0.15) is 40.9 Å². The molecule has 9 heteroatoms. The van der Waals surface area contributed by atoms with Crippen LogP contribution in [-0.4, -0.2) is 18.4 Å². The highest BCUT2D eigenvalue weighted by molar-refractivity contribution is 6.33. The summed E-state index contributed by atoms with van der Waals surface area (Å²) in [4.78, 5) is 24.0. The Morgan fingerprint density at radius 3 is 2.50 bits per heavy atom. The van der Waals surface area contributed by atoms with Crippen LogP contribution in [0.3, 0.4) is 0 Å². The maximum Gasteiger partial charge on any atom is 0.416 e. The number of halogens is 5. The summed E-state index contributed by atoms with van der Waals surface area (Å²) in [6.45, 7) is 1.54. The topological polar surface area (TPSA) is 58.2 Å². The molecule has 0 bridgehead atoms. The molecule has 1 atom stereocenters. The van der Waals surface area contributed by atoms with Crippen molar-refractivity contribution in [2.24, 2.45) is 0 Å². The van der Waals surface area contributed by atoms with Crippen molar-refractivity contribution in [3.05, 3.63) is 70.0 Å². The van der Waals surface area contributed by atoms with Crippen molar-refractivity contribution < 1.29 is 27.2 Å². The number of carbonyl (C=O) groups is 2. The number of alkyl halides is 3. The Labute approximate surface area is 163 Å². The lowest BCUT2D eigenvalue weighted by molar-refractivity contribution is -0.137. The van der Waals surface area contributed by atoms with Crippen LogP contribution in [0.2, 0.25) is 5.02 Å². The summed E-state index contributed by atoms with van der Waals surface area (Å²) in [7, 11) is 0. The third-order valence-corrected chi connectivity index (χ3v) is 4.22. The fraction of sp³-hybridized carbons (Fsp3) is 0.263. The summed E-state index contributed by atoms with van der Waals surface area (Å²) in [5.41, 5.74) is -0.416. The predicted molar refractivity (Wildman–Crippen MR) is 96.4 cm³/mol. The molecule has 0 heterocycles. The van der Waals surface area contributed by atoms with Crippen LogP contribution in [0.15, 0.2) is 42.5 Å². The van der Waals surface area contributed by atoms with Gasteiger partial charge in [-0.15, -0.1) is 0 Å². The Balaban J connectivity index is 1.86. The number of hydrogen-bond donors (Lipinski definition) is 2. The zero-order valence-corrected chi connectivity index (χ0v) is 15.5. The van der Waals surface area contributed by atoms with Gasteiger partial charge in [-0.3, -0.25) is 9.59 Å². The molecule has 4 nitrogen and oxygen atoms in total. The fourth-order valence-corrected chi connectivity index (χ4v) is 2.69. The number of hydrogen-bond acceptors (Lipinski definition) is 2. The van der Waals surface area contributed by atoms with E-state index >= 15 is 0 Å². The van der Waals surface area contributed by atoms with Gasteiger partial charge >= 0.3 is 6.18 Å². The molecule has 2 amide bonds. The van der Waals surface area contributed by atoms with Gasteiger partial charge in [-0.25, -0.2) is 4.39 Å². The zero-order chi connectivity index (χ0) is 20.9. The molecule has 0 fully saturated rings. The average molecular weight is 417 g/mol. The van der Waals surface area contributed by atoms with Crippen LogP contribution in [0.4, 0.5) is 17.6 Å². The van der Waals surface area contributed by atoms with Gasteiger partial charge < -0.3 is 10.6 Å². The first kappa shape index (κ1) is 21.7. The standard InChI is InChI=1S/C19H17ClF4N2O2/c1-11(12-3-2-4-13(9-12)19(22,23)24)26-17(27)7-8-25-18(28)15-6-5-14(21)10-16(15)20/h2-6,9-11H,7-8H2,1H3,(H,25,28)(H,26,27)/t11-/m0/s1. The predicted octanol–water partition coefficient (Wildman–Crippen LogP) is 4.50. The molecule has 0 saturated heterocycles. The van der Waals surface area contributed by atoms with E-state index in [1.54, 1.807) is 6.92 Å². The Morgan fingerprint density at radius 2 is 1.86 bits per heavy atom. The third-order valence-electron chi connectivity index (χ3n) is 3.90. The number of nitrogens with one attached hydrogen (secondary N) is 2. The molecule has 2 aromatic rings. The Kier molecular flexibility index (Phi) is 7.01. The molecule has 0 spiro atoms. The largest absolute Gasteiger partial charge is 0.416 e. The minimum Gasteiger partial charge on any atom is -0.351 e. The monoisotopic (exact) mass is 416 g/mol. The van der Waals surface area contributed by atoms with E-state index in [2.05, 4.69) is 10.6 Å². The molecule has 0 aliphatic carbocycles. The molecule has 0 aliphatic rings. The van der Waals surface area contributed by atoms with Crippen LogP contribution in [0.5, 0.6) is 0 Å².